The fraction of sp³-hybridized carbons (Fsp3) is 0.350. The van der Waals surface area contributed by atoms with Gasteiger partial charge in [-0.25, -0.2) is 0 Å². The van der Waals surface area contributed by atoms with Gasteiger partial charge in [-0.3, -0.25) is 4.99 Å². The predicted octanol–water partition coefficient (Wildman–Crippen LogP) is 4.55. The summed E-state index contributed by atoms with van der Waals surface area (Å²) < 4.78 is 11.4. The van der Waals surface area contributed by atoms with Crippen molar-refractivity contribution >= 4 is 41.5 Å². The van der Waals surface area contributed by atoms with Gasteiger partial charge in [-0.15, -0.1) is 24.0 Å². The molecule has 0 amide bonds. The third kappa shape index (κ3) is 5.90. The van der Waals surface area contributed by atoms with Gasteiger partial charge in [0.1, 0.15) is 0 Å². The quantitative estimate of drug-likeness (QED) is 0.367. The molecule has 3 rings (SSSR count). The molecule has 2 aromatic rings. The maximum Gasteiger partial charge on any atom is 0.191 e. The second kappa shape index (κ2) is 10.6. The molecule has 0 saturated heterocycles. The molecule has 0 aliphatic carbocycles. The minimum absolute atomic E-state index is 0. The Morgan fingerprint density at radius 3 is 2.67 bits per heavy atom. The third-order valence-corrected chi connectivity index (χ3v) is 4.48. The first-order valence-corrected chi connectivity index (χ1v) is 9.15. The van der Waals surface area contributed by atoms with Crippen LogP contribution in [-0.2, 0) is 6.54 Å². The average Bonchev–Trinajstić information content (AvgIpc) is 2.91. The Bertz CT molecular complexity index is 771. The number of nitrogens with one attached hydrogen (secondary N) is 2. The molecular weight excluding hydrogens is 477 g/mol. The molecule has 1 heterocycles. The molecule has 27 heavy (non-hydrogen) atoms. The van der Waals surface area contributed by atoms with E-state index in [2.05, 4.69) is 34.7 Å². The zero-order chi connectivity index (χ0) is 18.4. The van der Waals surface area contributed by atoms with Gasteiger partial charge in [-0.2, -0.15) is 0 Å². The number of guanidine groups is 1. The van der Waals surface area contributed by atoms with E-state index >= 15 is 0 Å². The molecule has 2 N–H and O–H groups in total. The zero-order valence-electron chi connectivity index (χ0n) is 15.5. The molecule has 1 atom stereocenters. The highest BCUT2D eigenvalue weighted by Crippen LogP contribution is 2.37. The predicted molar refractivity (Wildman–Crippen MR) is 121 cm³/mol. The van der Waals surface area contributed by atoms with E-state index in [4.69, 9.17) is 21.1 Å². The van der Waals surface area contributed by atoms with Crippen LogP contribution in [0.25, 0.3) is 0 Å². The van der Waals surface area contributed by atoms with Crippen LogP contribution in [0.4, 0.5) is 0 Å². The van der Waals surface area contributed by atoms with Crippen molar-refractivity contribution < 1.29 is 9.47 Å². The van der Waals surface area contributed by atoms with Gasteiger partial charge in [0.25, 0.3) is 0 Å². The second-order valence-electron chi connectivity index (χ2n) is 6.16. The monoisotopic (exact) mass is 501 g/mol. The molecule has 1 aliphatic rings. The molecule has 0 bridgehead atoms. The van der Waals surface area contributed by atoms with Crippen molar-refractivity contribution in [3.8, 4) is 11.5 Å². The summed E-state index contributed by atoms with van der Waals surface area (Å²) in [4.78, 5) is 4.30. The maximum atomic E-state index is 6.35. The summed E-state index contributed by atoms with van der Waals surface area (Å²) >= 11 is 6.35. The SMILES string of the molecule is CN=C(NCc1cc(Cl)c2c(c1)OCCCO2)NC(C)c1ccccc1.I. The van der Waals surface area contributed by atoms with Crippen LogP contribution >= 0.6 is 35.6 Å². The summed E-state index contributed by atoms with van der Waals surface area (Å²) in [6, 6.07) is 14.3. The number of halogens is 2. The molecule has 0 fully saturated rings. The maximum absolute atomic E-state index is 6.35. The van der Waals surface area contributed by atoms with E-state index in [0.717, 1.165) is 17.9 Å². The molecule has 0 spiro atoms. The average molecular weight is 502 g/mol. The lowest BCUT2D eigenvalue weighted by Gasteiger charge is -2.19. The largest absolute Gasteiger partial charge is 0.489 e. The second-order valence-corrected chi connectivity index (χ2v) is 6.57. The summed E-state index contributed by atoms with van der Waals surface area (Å²) in [5, 5.41) is 7.28. The Morgan fingerprint density at radius 2 is 1.93 bits per heavy atom. The third-order valence-electron chi connectivity index (χ3n) is 4.20. The topological polar surface area (TPSA) is 54.9 Å². The Morgan fingerprint density at radius 1 is 1.19 bits per heavy atom. The van der Waals surface area contributed by atoms with Crippen molar-refractivity contribution in [2.75, 3.05) is 20.3 Å². The molecule has 146 valence electrons. The van der Waals surface area contributed by atoms with E-state index < -0.39 is 0 Å². The van der Waals surface area contributed by atoms with Gasteiger partial charge < -0.3 is 20.1 Å². The summed E-state index contributed by atoms with van der Waals surface area (Å²) in [5.74, 6) is 2.06. The van der Waals surface area contributed by atoms with E-state index in [1.54, 1.807) is 7.05 Å². The number of ether oxygens (including phenoxy) is 2. The summed E-state index contributed by atoms with van der Waals surface area (Å²) in [5.41, 5.74) is 2.21. The Hall–Kier alpha value is -1.67. The summed E-state index contributed by atoms with van der Waals surface area (Å²) in [6.45, 7) is 3.94. The molecule has 1 aliphatic heterocycles. The Labute approximate surface area is 182 Å². The van der Waals surface area contributed by atoms with Crippen molar-refractivity contribution in [2.45, 2.75) is 25.9 Å². The van der Waals surface area contributed by atoms with Gasteiger partial charge in [0.05, 0.1) is 24.3 Å². The van der Waals surface area contributed by atoms with Gasteiger partial charge in [0.15, 0.2) is 17.5 Å². The molecule has 7 heteroatoms. The minimum atomic E-state index is 0. The zero-order valence-corrected chi connectivity index (χ0v) is 18.6. The van der Waals surface area contributed by atoms with E-state index in [0.29, 0.717) is 36.3 Å². The molecular formula is C20H25ClIN3O2. The summed E-state index contributed by atoms with van der Waals surface area (Å²) in [7, 11) is 1.76. The molecule has 2 aromatic carbocycles. The van der Waals surface area contributed by atoms with Crippen LogP contribution in [0.5, 0.6) is 11.5 Å². The number of nitrogens with zero attached hydrogens (tertiary/aromatic N) is 1. The highest BCUT2D eigenvalue weighted by atomic mass is 127. The van der Waals surface area contributed by atoms with Crippen molar-refractivity contribution in [3.63, 3.8) is 0 Å². The molecule has 5 nitrogen and oxygen atoms in total. The highest BCUT2D eigenvalue weighted by molar-refractivity contribution is 14.0. The fourth-order valence-electron chi connectivity index (χ4n) is 2.80. The lowest BCUT2D eigenvalue weighted by Crippen LogP contribution is -2.38. The van der Waals surface area contributed by atoms with Crippen molar-refractivity contribution in [1.82, 2.24) is 10.6 Å². The van der Waals surface area contributed by atoms with E-state index in [-0.39, 0.29) is 30.0 Å². The number of rotatable bonds is 4. The van der Waals surface area contributed by atoms with Gasteiger partial charge >= 0.3 is 0 Å². The van der Waals surface area contributed by atoms with E-state index in [9.17, 15) is 0 Å². The molecule has 0 saturated carbocycles. The normalized spacial score (nSPS) is 14.6. The number of hydrogen-bond donors (Lipinski definition) is 2. The van der Waals surface area contributed by atoms with Gasteiger partial charge in [0.2, 0.25) is 0 Å². The van der Waals surface area contributed by atoms with Crippen LogP contribution in [0, 0.1) is 0 Å². The summed E-state index contributed by atoms with van der Waals surface area (Å²) in [6.07, 6.45) is 0.854. The Kier molecular flexibility index (Phi) is 8.50. The lowest BCUT2D eigenvalue weighted by molar-refractivity contribution is 0.297. The fourth-order valence-corrected chi connectivity index (χ4v) is 3.08. The van der Waals surface area contributed by atoms with Crippen LogP contribution < -0.4 is 20.1 Å². The number of benzene rings is 2. The van der Waals surface area contributed by atoms with Crippen LogP contribution in [0.2, 0.25) is 5.02 Å². The minimum Gasteiger partial charge on any atom is -0.489 e. The first-order chi connectivity index (χ1) is 12.7. The van der Waals surface area contributed by atoms with Crippen LogP contribution in [-0.4, -0.2) is 26.2 Å². The van der Waals surface area contributed by atoms with Crippen molar-refractivity contribution in [2.24, 2.45) is 4.99 Å². The standard InChI is InChI=1S/C20H24ClN3O2.HI/c1-14(16-7-4-3-5-8-16)24-20(22-2)23-13-15-11-17(21)19-18(12-15)25-9-6-10-26-19;/h3-5,7-8,11-12,14H,6,9-10,13H2,1-2H3,(H2,22,23,24);1H. The molecule has 1 unspecified atom stereocenters. The lowest BCUT2D eigenvalue weighted by atomic mass is 10.1. The number of fused-ring (bicyclic) bond motifs is 1. The van der Waals surface area contributed by atoms with Gasteiger partial charge in [-0.05, 0) is 30.2 Å². The highest BCUT2D eigenvalue weighted by Gasteiger charge is 2.16. The van der Waals surface area contributed by atoms with Crippen LogP contribution in [0.3, 0.4) is 0 Å². The Balaban J connectivity index is 0.00000261. The first kappa shape index (κ1) is 21.6. The van der Waals surface area contributed by atoms with Crippen LogP contribution in [0.1, 0.15) is 30.5 Å². The molecule has 0 aromatic heterocycles. The van der Waals surface area contributed by atoms with Crippen molar-refractivity contribution in [3.05, 3.63) is 58.6 Å². The first-order valence-electron chi connectivity index (χ1n) is 8.77. The smallest absolute Gasteiger partial charge is 0.191 e. The number of aliphatic imine (C=N–C) groups is 1. The van der Waals surface area contributed by atoms with Gasteiger partial charge in [-0.1, -0.05) is 41.9 Å². The molecule has 0 radical (unpaired) electrons. The number of hydrogen-bond acceptors (Lipinski definition) is 3. The van der Waals surface area contributed by atoms with Crippen LogP contribution in [0.15, 0.2) is 47.5 Å². The van der Waals surface area contributed by atoms with E-state index in [1.807, 2.05) is 30.3 Å². The van der Waals surface area contributed by atoms with Crippen molar-refractivity contribution in [1.29, 1.82) is 0 Å². The van der Waals surface area contributed by atoms with Gasteiger partial charge in [0, 0.05) is 20.0 Å². The van der Waals surface area contributed by atoms with E-state index in [1.165, 1.54) is 5.56 Å².